The Morgan fingerprint density at radius 2 is 1.83 bits per heavy atom. The highest BCUT2D eigenvalue weighted by Gasteiger charge is 2.32. The topological polar surface area (TPSA) is 65.7 Å². The maximum Gasteiger partial charge on any atom is 0.266 e. The molecule has 1 aliphatic rings. The van der Waals surface area contributed by atoms with Crippen molar-refractivity contribution in [2.45, 2.75) is 13.5 Å². The Morgan fingerprint density at radius 1 is 1.14 bits per heavy atom. The van der Waals surface area contributed by atoms with Gasteiger partial charge in [-0.1, -0.05) is 41.4 Å². The Labute approximate surface area is 216 Å². The summed E-state index contributed by atoms with van der Waals surface area (Å²) in [7, 11) is 0. The van der Waals surface area contributed by atoms with Gasteiger partial charge in [0.25, 0.3) is 5.91 Å². The largest absolute Gasteiger partial charge is 0.486 e. The van der Waals surface area contributed by atoms with E-state index < -0.39 is 0 Å². The standard InChI is InChI=1S/C26H18Cl2FN3O2S/c1-2-32-25(33)23(35-26(32)31-20-9-7-19(29)8-10-20)13-16-11-21(27)24(22(28)12-16)34-15-18-6-4-3-5-17(18)14-30/h3-13H,2,15H2,1H3/b23-13+,31-26?. The molecule has 1 amide bonds. The second kappa shape index (κ2) is 11.0. The molecule has 0 atom stereocenters. The molecular weight excluding hydrogens is 508 g/mol. The molecule has 1 saturated heterocycles. The number of aliphatic imine (C=N–C) groups is 1. The summed E-state index contributed by atoms with van der Waals surface area (Å²) in [5.41, 5.74) is 2.40. The Kier molecular flexibility index (Phi) is 7.76. The molecule has 176 valence electrons. The van der Waals surface area contributed by atoms with Gasteiger partial charge in [-0.05, 0) is 72.8 Å². The molecule has 0 spiro atoms. The number of ether oxygens (including phenoxy) is 1. The summed E-state index contributed by atoms with van der Waals surface area (Å²) in [5, 5.41) is 10.3. The average molecular weight is 526 g/mol. The van der Waals surface area contributed by atoms with Crippen LogP contribution in [0.1, 0.15) is 23.6 Å². The summed E-state index contributed by atoms with van der Waals surface area (Å²) in [5.74, 6) is -0.256. The van der Waals surface area contributed by atoms with Gasteiger partial charge in [0, 0.05) is 12.1 Å². The fourth-order valence-electron chi connectivity index (χ4n) is 3.35. The third-order valence-electron chi connectivity index (χ3n) is 5.08. The molecule has 0 aliphatic carbocycles. The quantitative estimate of drug-likeness (QED) is 0.319. The van der Waals surface area contributed by atoms with Crippen molar-refractivity contribution in [3.8, 4) is 11.8 Å². The number of benzene rings is 3. The highest BCUT2D eigenvalue weighted by Crippen LogP contribution is 2.38. The molecule has 0 aromatic heterocycles. The molecule has 0 N–H and O–H groups in total. The van der Waals surface area contributed by atoms with Crippen LogP contribution in [-0.2, 0) is 11.4 Å². The Hall–Kier alpha value is -3.31. The van der Waals surface area contributed by atoms with Gasteiger partial charge in [0.1, 0.15) is 12.4 Å². The van der Waals surface area contributed by atoms with Crippen LogP contribution in [0.3, 0.4) is 0 Å². The van der Waals surface area contributed by atoms with Crippen molar-refractivity contribution in [2.24, 2.45) is 4.99 Å². The van der Waals surface area contributed by atoms with E-state index in [4.69, 9.17) is 27.9 Å². The van der Waals surface area contributed by atoms with E-state index in [1.807, 2.05) is 13.0 Å². The number of likely N-dealkylation sites (N-methyl/N-ethyl adjacent to an activating group) is 1. The molecule has 3 aromatic rings. The van der Waals surface area contributed by atoms with Crippen LogP contribution in [0, 0.1) is 17.1 Å². The van der Waals surface area contributed by atoms with E-state index in [0.29, 0.717) is 44.7 Å². The summed E-state index contributed by atoms with van der Waals surface area (Å²) in [4.78, 5) is 19.4. The van der Waals surface area contributed by atoms with Crippen LogP contribution in [0.5, 0.6) is 5.75 Å². The highest BCUT2D eigenvalue weighted by molar-refractivity contribution is 8.18. The summed E-state index contributed by atoms with van der Waals surface area (Å²) in [6, 6.07) is 18.3. The molecule has 1 aliphatic heterocycles. The van der Waals surface area contributed by atoms with Gasteiger partial charge in [-0.2, -0.15) is 5.26 Å². The number of hydrogen-bond donors (Lipinski definition) is 0. The van der Waals surface area contributed by atoms with E-state index in [1.165, 1.54) is 23.9 Å². The molecule has 4 rings (SSSR count). The zero-order chi connectivity index (χ0) is 24.9. The van der Waals surface area contributed by atoms with Gasteiger partial charge < -0.3 is 4.74 Å². The fraction of sp³-hybridized carbons (Fsp3) is 0.115. The van der Waals surface area contributed by atoms with Crippen LogP contribution in [-0.4, -0.2) is 22.5 Å². The highest BCUT2D eigenvalue weighted by atomic mass is 35.5. The third-order valence-corrected chi connectivity index (χ3v) is 6.65. The molecular formula is C26H18Cl2FN3O2S. The number of hydrogen-bond acceptors (Lipinski definition) is 5. The van der Waals surface area contributed by atoms with Gasteiger partial charge in [-0.3, -0.25) is 9.69 Å². The molecule has 35 heavy (non-hydrogen) atoms. The number of nitriles is 1. The lowest BCUT2D eigenvalue weighted by Gasteiger charge is -2.12. The maximum atomic E-state index is 13.2. The summed E-state index contributed by atoms with van der Waals surface area (Å²) in [6.45, 7) is 2.42. The van der Waals surface area contributed by atoms with Gasteiger partial charge in [0.15, 0.2) is 10.9 Å². The number of nitrogens with zero attached hydrogens (tertiary/aromatic N) is 3. The minimum absolute atomic E-state index is 0.132. The van der Waals surface area contributed by atoms with Crippen LogP contribution >= 0.6 is 35.0 Å². The van der Waals surface area contributed by atoms with E-state index in [1.54, 1.807) is 53.4 Å². The summed E-state index contributed by atoms with van der Waals surface area (Å²) < 4.78 is 19.0. The number of rotatable bonds is 6. The fourth-order valence-corrected chi connectivity index (χ4v) is 5.03. The van der Waals surface area contributed by atoms with Crippen molar-refractivity contribution in [3.05, 3.63) is 98.1 Å². The summed E-state index contributed by atoms with van der Waals surface area (Å²) >= 11 is 14.1. The van der Waals surface area contributed by atoms with E-state index in [-0.39, 0.29) is 28.4 Å². The monoisotopic (exact) mass is 525 g/mol. The molecule has 0 bridgehead atoms. The first-order valence-corrected chi connectivity index (χ1v) is 12.1. The molecule has 0 saturated carbocycles. The maximum absolute atomic E-state index is 13.2. The van der Waals surface area contributed by atoms with Crippen molar-refractivity contribution in [1.29, 1.82) is 5.26 Å². The smallest absolute Gasteiger partial charge is 0.266 e. The van der Waals surface area contributed by atoms with Crippen LogP contribution in [0.25, 0.3) is 6.08 Å². The lowest BCUT2D eigenvalue weighted by Crippen LogP contribution is -2.28. The van der Waals surface area contributed by atoms with Crippen LogP contribution in [0.4, 0.5) is 10.1 Å². The second-order valence-corrected chi connectivity index (χ2v) is 9.23. The molecule has 1 heterocycles. The van der Waals surface area contributed by atoms with Gasteiger partial charge in [-0.15, -0.1) is 0 Å². The zero-order valence-electron chi connectivity index (χ0n) is 18.5. The number of amidine groups is 1. The first-order valence-electron chi connectivity index (χ1n) is 10.5. The first kappa shape index (κ1) is 24.8. The second-order valence-electron chi connectivity index (χ2n) is 7.40. The van der Waals surface area contributed by atoms with Gasteiger partial charge >= 0.3 is 0 Å². The number of thioether (sulfide) groups is 1. The summed E-state index contributed by atoms with van der Waals surface area (Å²) in [6.07, 6.45) is 1.69. The predicted octanol–water partition coefficient (Wildman–Crippen LogP) is 7.21. The van der Waals surface area contributed by atoms with Crippen molar-refractivity contribution in [2.75, 3.05) is 6.54 Å². The van der Waals surface area contributed by atoms with Gasteiger partial charge in [-0.25, -0.2) is 9.38 Å². The molecule has 0 unspecified atom stereocenters. The van der Waals surface area contributed by atoms with Crippen molar-refractivity contribution in [1.82, 2.24) is 4.90 Å². The van der Waals surface area contributed by atoms with Crippen molar-refractivity contribution >= 4 is 57.8 Å². The van der Waals surface area contributed by atoms with E-state index in [0.717, 1.165) is 0 Å². The zero-order valence-corrected chi connectivity index (χ0v) is 20.8. The van der Waals surface area contributed by atoms with E-state index in [9.17, 15) is 14.4 Å². The minimum Gasteiger partial charge on any atom is -0.486 e. The molecule has 3 aromatic carbocycles. The number of carbonyl (C=O) groups is 1. The van der Waals surface area contributed by atoms with Gasteiger partial charge in [0.2, 0.25) is 0 Å². The Balaban J connectivity index is 1.56. The Bertz CT molecular complexity index is 1360. The van der Waals surface area contributed by atoms with Crippen molar-refractivity contribution in [3.63, 3.8) is 0 Å². The molecule has 9 heteroatoms. The predicted molar refractivity (Wildman–Crippen MR) is 138 cm³/mol. The van der Waals surface area contributed by atoms with E-state index in [2.05, 4.69) is 11.1 Å². The Morgan fingerprint density at radius 3 is 2.49 bits per heavy atom. The van der Waals surface area contributed by atoms with Crippen LogP contribution in [0.15, 0.2) is 70.6 Å². The van der Waals surface area contributed by atoms with Crippen molar-refractivity contribution < 1.29 is 13.9 Å². The van der Waals surface area contributed by atoms with E-state index >= 15 is 0 Å². The molecule has 0 radical (unpaired) electrons. The SMILES string of the molecule is CCN1C(=O)/C(=C\c2cc(Cl)c(OCc3ccccc3C#N)c(Cl)c2)SC1=Nc1ccc(F)cc1. The average Bonchev–Trinajstić information content (AvgIpc) is 3.13. The number of amides is 1. The number of halogens is 3. The lowest BCUT2D eigenvalue weighted by atomic mass is 10.1. The number of carbonyl (C=O) groups excluding carboxylic acids is 1. The molecule has 5 nitrogen and oxygen atoms in total. The third kappa shape index (κ3) is 5.68. The van der Waals surface area contributed by atoms with Crippen LogP contribution < -0.4 is 4.74 Å². The minimum atomic E-state index is -0.354. The lowest BCUT2D eigenvalue weighted by molar-refractivity contribution is -0.122. The normalized spacial score (nSPS) is 15.6. The first-order chi connectivity index (χ1) is 16.9. The van der Waals surface area contributed by atoms with Gasteiger partial charge in [0.05, 0.1) is 32.3 Å². The molecule has 1 fully saturated rings. The van der Waals surface area contributed by atoms with Crippen LogP contribution in [0.2, 0.25) is 10.0 Å².